The van der Waals surface area contributed by atoms with Crippen molar-refractivity contribution in [3.63, 3.8) is 0 Å². The Morgan fingerprint density at radius 3 is 2.64 bits per heavy atom. The first-order chi connectivity index (χ1) is 12.1. The van der Waals surface area contributed by atoms with Crippen LogP contribution in [0.15, 0.2) is 53.4 Å². The minimum atomic E-state index is -0.370. The number of hydrogen-bond donors (Lipinski definition) is 0. The van der Waals surface area contributed by atoms with Gasteiger partial charge in [-0.3, -0.25) is 9.59 Å². The Morgan fingerprint density at radius 2 is 1.96 bits per heavy atom. The van der Waals surface area contributed by atoms with Gasteiger partial charge < -0.3 is 4.74 Å². The van der Waals surface area contributed by atoms with Crippen molar-refractivity contribution in [2.45, 2.75) is 0 Å². The number of carbonyl (C=O) groups excluding carboxylic acids is 2. The van der Waals surface area contributed by atoms with Crippen molar-refractivity contribution in [1.82, 2.24) is 0 Å². The highest BCUT2D eigenvalue weighted by atomic mass is 35.5. The van der Waals surface area contributed by atoms with Gasteiger partial charge in [0.25, 0.3) is 11.1 Å². The van der Waals surface area contributed by atoms with Gasteiger partial charge in [-0.05, 0) is 53.7 Å². The van der Waals surface area contributed by atoms with Gasteiger partial charge in [-0.1, -0.05) is 35.7 Å². The van der Waals surface area contributed by atoms with Crippen molar-refractivity contribution in [1.29, 1.82) is 0 Å². The third-order valence-corrected chi connectivity index (χ3v) is 4.46. The molecular formula is C19H12ClNO3S. The van der Waals surface area contributed by atoms with Crippen LogP contribution in [0.2, 0.25) is 5.02 Å². The van der Waals surface area contributed by atoms with Crippen LogP contribution in [0.1, 0.15) is 5.56 Å². The number of hydrogen-bond acceptors (Lipinski definition) is 4. The molecule has 0 saturated carbocycles. The van der Waals surface area contributed by atoms with Crippen LogP contribution in [0.3, 0.4) is 0 Å². The number of anilines is 1. The van der Waals surface area contributed by atoms with Gasteiger partial charge in [0.2, 0.25) is 0 Å². The Balaban J connectivity index is 1.82. The second kappa shape index (κ2) is 7.47. The molecule has 0 aliphatic carbocycles. The number of terminal acetylenes is 1. The molecule has 2 aromatic carbocycles. The van der Waals surface area contributed by atoms with Crippen molar-refractivity contribution in [2.24, 2.45) is 0 Å². The topological polar surface area (TPSA) is 46.6 Å². The summed E-state index contributed by atoms with van der Waals surface area (Å²) in [5, 5.41) is 0.107. The molecule has 2 amide bonds. The Morgan fingerprint density at radius 1 is 1.20 bits per heavy atom. The SMILES string of the molecule is C#CCOc1ccc(C=C2SC(=O)N(c3cccc(Cl)c3)C2=O)cc1. The zero-order chi connectivity index (χ0) is 17.8. The van der Waals surface area contributed by atoms with Gasteiger partial charge in [0.15, 0.2) is 0 Å². The number of nitrogens with zero attached hydrogens (tertiary/aromatic N) is 1. The maximum Gasteiger partial charge on any atom is 0.298 e. The van der Waals surface area contributed by atoms with Gasteiger partial charge in [-0.2, -0.15) is 0 Å². The quantitative estimate of drug-likeness (QED) is 0.584. The van der Waals surface area contributed by atoms with Crippen LogP contribution in [-0.4, -0.2) is 17.8 Å². The Bertz CT molecular complexity index is 900. The monoisotopic (exact) mass is 369 g/mol. The lowest BCUT2D eigenvalue weighted by Gasteiger charge is -2.12. The number of halogens is 1. The summed E-state index contributed by atoms with van der Waals surface area (Å²) >= 11 is 6.83. The van der Waals surface area contributed by atoms with Crippen molar-refractivity contribution in [3.05, 3.63) is 64.0 Å². The fraction of sp³-hybridized carbons (Fsp3) is 0.0526. The summed E-state index contributed by atoms with van der Waals surface area (Å²) in [5.74, 6) is 2.66. The molecular weight excluding hydrogens is 358 g/mol. The summed E-state index contributed by atoms with van der Waals surface area (Å²) < 4.78 is 5.30. The zero-order valence-corrected chi connectivity index (χ0v) is 14.5. The molecule has 1 aliphatic heterocycles. The zero-order valence-electron chi connectivity index (χ0n) is 12.9. The van der Waals surface area contributed by atoms with Crippen LogP contribution in [0.25, 0.3) is 6.08 Å². The molecule has 0 spiro atoms. The highest BCUT2D eigenvalue weighted by Crippen LogP contribution is 2.36. The van der Waals surface area contributed by atoms with Crippen LogP contribution in [0.5, 0.6) is 5.75 Å². The van der Waals surface area contributed by atoms with E-state index in [-0.39, 0.29) is 17.8 Å². The third kappa shape index (κ3) is 3.87. The number of rotatable bonds is 4. The van der Waals surface area contributed by atoms with Gasteiger partial charge in [-0.15, -0.1) is 6.42 Å². The minimum Gasteiger partial charge on any atom is -0.481 e. The van der Waals surface area contributed by atoms with Gasteiger partial charge in [0.1, 0.15) is 12.4 Å². The summed E-state index contributed by atoms with van der Waals surface area (Å²) in [6, 6.07) is 13.7. The molecule has 1 heterocycles. The molecule has 0 aromatic heterocycles. The van der Waals surface area contributed by atoms with Gasteiger partial charge in [0.05, 0.1) is 10.6 Å². The molecule has 1 saturated heterocycles. The van der Waals surface area contributed by atoms with Crippen molar-refractivity contribution >= 4 is 46.3 Å². The predicted molar refractivity (Wildman–Crippen MR) is 101 cm³/mol. The van der Waals surface area contributed by atoms with Crippen LogP contribution < -0.4 is 9.64 Å². The second-order valence-electron chi connectivity index (χ2n) is 5.06. The van der Waals surface area contributed by atoms with Gasteiger partial charge in [0, 0.05) is 5.02 Å². The molecule has 1 fully saturated rings. The van der Waals surface area contributed by atoms with Crippen LogP contribution >= 0.6 is 23.4 Å². The fourth-order valence-corrected chi connectivity index (χ4v) is 3.27. The lowest BCUT2D eigenvalue weighted by molar-refractivity contribution is -0.113. The molecule has 6 heteroatoms. The van der Waals surface area contributed by atoms with Gasteiger partial charge in [-0.25, -0.2) is 4.90 Å². The lowest BCUT2D eigenvalue weighted by Crippen LogP contribution is -2.27. The summed E-state index contributed by atoms with van der Waals surface area (Å²) in [5.41, 5.74) is 1.24. The molecule has 0 unspecified atom stereocenters. The van der Waals surface area contributed by atoms with Crippen molar-refractivity contribution in [3.8, 4) is 18.1 Å². The van der Waals surface area contributed by atoms with E-state index in [0.29, 0.717) is 21.4 Å². The number of imide groups is 1. The van der Waals surface area contributed by atoms with E-state index in [1.54, 1.807) is 54.6 Å². The summed E-state index contributed by atoms with van der Waals surface area (Å²) in [7, 11) is 0. The highest BCUT2D eigenvalue weighted by molar-refractivity contribution is 8.19. The first-order valence-electron chi connectivity index (χ1n) is 7.28. The van der Waals surface area contributed by atoms with E-state index < -0.39 is 0 Å². The first kappa shape index (κ1) is 17.2. The third-order valence-electron chi connectivity index (χ3n) is 3.36. The van der Waals surface area contributed by atoms with E-state index in [4.69, 9.17) is 22.8 Å². The minimum absolute atomic E-state index is 0.192. The number of thioether (sulfide) groups is 1. The molecule has 4 nitrogen and oxygen atoms in total. The predicted octanol–water partition coefficient (Wildman–Crippen LogP) is 4.59. The summed E-state index contributed by atoms with van der Waals surface area (Å²) in [6.45, 7) is 0.192. The smallest absolute Gasteiger partial charge is 0.298 e. The normalized spacial score (nSPS) is 15.5. The van der Waals surface area contributed by atoms with Crippen molar-refractivity contribution < 1.29 is 14.3 Å². The molecule has 3 rings (SSSR count). The van der Waals surface area contributed by atoms with E-state index in [1.165, 1.54) is 0 Å². The Kier molecular flexibility index (Phi) is 5.13. The van der Waals surface area contributed by atoms with Crippen LogP contribution in [-0.2, 0) is 4.79 Å². The number of amides is 2. The number of ether oxygens (including phenoxy) is 1. The maximum absolute atomic E-state index is 12.6. The van der Waals surface area contributed by atoms with E-state index in [1.807, 2.05) is 0 Å². The summed E-state index contributed by atoms with van der Waals surface area (Å²) in [4.78, 5) is 26.2. The lowest BCUT2D eigenvalue weighted by atomic mass is 10.2. The molecule has 1 aliphatic rings. The Hall–Kier alpha value is -2.68. The number of benzene rings is 2. The Labute approximate surface area is 154 Å². The average Bonchev–Trinajstić information content (AvgIpc) is 2.88. The molecule has 0 bridgehead atoms. The van der Waals surface area contributed by atoms with E-state index >= 15 is 0 Å². The maximum atomic E-state index is 12.6. The fourth-order valence-electron chi connectivity index (χ4n) is 2.24. The molecule has 0 radical (unpaired) electrons. The molecule has 25 heavy (non-hydrogen) atoms. The highest BCUT2D eigenvalue weighted by Gasteiger charge is 2.36. The molecule has 0 N–H and O–H groups in total. The standard InChI is InChI=1S/C19H12ClNO3S/c1-2-10-24-16-8-6-13(7-9-16)11-17-18(22)21(19(23)25-17)15-5-3-4-14(20)12-15/h1,3-9,11-12H,10H2. The summed E-state index contributed by atoms with van der Waals surface area (Å²) in [6.07, 6.45) is 6.81. The molecule has 0 atom stereocenters. The van der Waals surface area contributed by atoms with E-state index in [2.05, 4.69) is 5.92 Å². The average molecular weight is 370 g/mol. The molecule has 2 aromatic rings. The van der Waals surface area contributed by atoms with Crippen LogP contribution in [0, 0.1) is 12.3 Å². The van der Waals surface area contributed by atoms with Crippen LogP contribution in [0.4, 0.5) is 10.5 Å². The van der Waals surface area contributed by atoms with E-state index in [0.717, 1.165) is 22.2 Å². The largest absolute Gasteiger partial charge is 0.481 e. The molecule has 124 valence electrons. The van der Waals surface area contributed by atoms with E-state index in [9.17, 15) is 9.59 Å². The van der Waals surface area contributed by atoms with Crippen molar-refractivity contribution in [2.75, 3.05) is 11.5 Å². The second-order valence-corrected chi connectivity index (χ2v) is 6.49. The number of carbonyl (C=O) groups is 2. The van der Waals surface area contributed by atoms with Gasteiger partial charge >= 0.3 is 0 Å². The first-order valence-corrected chi connectivity index (χ1v) is 8.48.